The lowest BCUT2D eigenvalue weighted by Gasteiger charge is -2.02. The Balaban J connectivity index is 2.71. The summed E-state index contributed by atoms with van der Waals surface area (Å²) >= 11 is 0. The molecular formula is C8H11FN2. The molecule has 3 heteroatoms. The minimum atomic E-state index is -0.254. The highest BCUT2D eigenvalue weighted by Crippen LogP contribution is 2.01. The highest BCUT2D eigenvalue weighted by Gasteiger charge is 1.99. The normalized spacial score (nSPS) is 13.0. The summed E-state index contributed by atoms with van der Waals surface area (Å²) < 4.78 is 12.5. The summed E-state index contributed by atoms with van der Waals surface area (Å²) in [6.07, 6.45) is 2.07. The molecule has 11 heavy (non-hydrogen) atoms. The Hall–Kier alpha value is -0.960. The Labute approximate surface area is 65.3 Å². The van der Waals surface area contributed by atoms with Crippen LogP contribution >= 0.6 is 0 Å². The van der Waals surface area contributed by atoms with Gasteiger partial charge in [-0.25, -0.2) is 4.39 Å². The van der Waals surface area contributed by atoms with Crippen LogP contribution in [0.5, 0.6) is 0 Å². The van der Waals surface area contributed by atoms with Crippen molar-refractivity contribution in [3.05, 3.63) is 29.8 Å². The summed E-state index contributed by atoms with van der Waals surface area (Å²) in [6, 6.07) is 2.76. The van der Waals surface area contributed by atoms with Crippen molar-refractivity contribution in [2.24, 2.45) is 5.73 Å². The van der Waals surface area contributed by atoms with Crippen LogP contribution in [-0.4, -0.2) is 11.0 Å². The van der Waals surface area contributed by atoms with Crippen molar-refractivity contribution in [1.82, 2.24) is 4.98 Å². The van der Waals surface area contributed by atoms with Crippen LogP contribution in [0.1, 0.15) is 12.6 Å². The Morgan fingerprint density at radius 3 is 3.00 bits per heavy atom. The average molecular weight is 154 g/mol. The first kappa shape index (κ1) is 8.14. The summed E-state index contributed by atoms with van der Waals surface area (Å²) in [5, 5.41) is 0. The van der Waals surface area contributed by atoms with Crippen LogP contribution in [0.25, 0.3) is 0 Å². The van der Waals surface area contributed by atoms with Gasteiger partial charge in [0.1, 0.15) is 5.82 Å². The smallest absolute Gasteiger partial charge is 0.126 e. The molecule has 60 valence electrons. The van der Waals surface area contributed by atoms with Gasteiger partial charge >= 0.3 is 0 Å². The second-order valence-corrected chi connectivity index (χ2v) is 2.65. The Morgan fingerprint density at radius 1 is 1.73 bits per heavy atom. The molecule has 0 aliphatic carbocycles. The van der Waals surface area contributed by atoms with Gasteiger partial charge in [-0.3, -0.25) is 4.98 Å². The van der Waals surface area contributed by atoms with Crippen LogP contribution in [-0.2, 0) is 6.42 Å². The van der Waals surface area contributed by atoms with Crippen molar-refractivity contribution in [3.63, 3.8) is 0 Å². The van der Waals surface area contributed by atoms with E-state index in [1.807, 2.05) is 6.92 Å². The van der Waals surface area contributed by atoms with E-state index >= 15 is 0 Å². The molecule has 0 bridgehead atoms. The maximum Gasteiger partial charge on any atom is 0.126 e. The summed E-state index contributed by atoms with van der Waals surface area (Å²) in [7, 11) is 0. The fraction of sp³-hybridized carbons (Fsp3) is 0.375. The van der Waals surface area contributed by atoms with Gasteiger partial charge in [0.15, 0.2) is 0 Å². The molecule has 1 heterocycles. The number of aromatic nitrogens is 1. The third-order valence-corrected chi connectivity index (χ3v) is 1.31. The minimum Gasteiger partial charge on any atom is -0.328 e. The molecule has 0 saturated heterocycles. The van der Waals surface area contributed by atoms with Crippen LogP contribution in [0.4, 0.5) is 4.39 Å². The van der Waals surface area contributed by atoms with Gasteiger partial charge < -0.3 is 5.73 Å². The molecule has 1 aromatic rings. The van der Waals surface area contributed by atoms with Gasteiger partial charge in [0.2, 0.25) is 0 Å². The summed E-state index contributed by atoms with van der Waals surface area (Å²) in [4.78, 5) is 3.96. The number of nitrogens with zero attached hydrogens (tertiary/aromatic N) is 1. The van der Waals surface area contributed by atoms with E-state index in [0.717, 1.165) is 0 Å². The molecular weight excluding hydrogens is 143 g/mol. The molecule has 0 saturated carbocycles. The average Bonchev–Trinajstić information content (AvgIpc) is 1.85. The largest absolute Gasteiger partial charge is 0.328 e. The predicted molar refractivity (Wildman–Crippen MR) is 41.5 cm³/mol. The quantitative estimate of drug-likeness (QED) is 0.693. The molecule has 1 rings (SSSR count). The van der Waals surface area contributed by atoms with Gasteiger partial charge in [0.05, 0.1) is 0 Å². The highest BCUT2D eigenvalue weighted by molar-refractivity contribution is 5.06. The fourth-order valence-electron chi connectivity index (χ4n) is 0.890. The lowest BCUT2D eigenvalue weighted by atomic mass is 10.2. The lowest BCUT2D eigenvalue weighted by molar-refractivity contribution is 0.617. The third-order valence-electron chi connectivity index (χ3n) is 1.31. The SMILES string of the molecule is C[C@H](N)Cc1cc(F)ccn1. The zero-order valence-corrected chi connectivity index (χ0v) is 6.42. The fourth-order valence-corrected chi connectivity index (χ4v) is 0.890. The van der Waals surface area contributed by atoms with E-state index in [1.54, 1.807) is 0 Å². The first-order chi connectivity index (χ1) is 5.18. The monoisotopic (exact) mass is 154 g/mol. The van der Waals surface area contributed by atoms with Crippen molar-refractivity contribution in [3.8, 4) is 0 Å². The molecule has 2 N–H and O–H groups in total. The maximum atomic E-state index is 12.5. The van der Waals surface area contributed by atoms with Gasteiger partial charge in [-0.1, -0.05) is 0 Å². The van der Waals surface area contributed by atoms with Gasteiger partial charge in [-0.2, -0.15) is 0 Å². The van der Waals surface area contributed by atoms with E-state index in [0.29, 0.717) is 12.1 Å². The molecule has 0 aliphatic heterocycles. The molecule has 0 radical (unpaired) electrons. The van der Waals surface area contributed by atoms with E-state index in [1.165, 1.54) is 18.3 Å². The first-order valence-corrected chi connectivity index (χ1v) is 3.54. The van der Waals surface area contributed by atoms with Gasteiger partial charge in [0.25, 0.3) is 0 Å². The number of hydrogen-bond donors (Lipinski definition) is 1. The van der Waals surface area contributed by atoms with Crippen molar-refractivity contribution in [2.75, 3.05) is 0 Å². The maximum absolute atomic E-state index is 12.5. The molecule has 1 aromatic heterocycles. The standard InChI is InChI=1S/C8H11FN2/c1-6(10)4-8-5-7(9)2-3-11-8/h2-3,5-6H,4,10H2,1H3/t6-/m0/s1. The van der Waals surface area contributed by atoms with Crippen molar-refractivity contribution in [2.45, 2.75) is 19.4 Å². The van der Waals surface area contributed by atoms with Crippen LogP contribution in [0.15, 0.2) is 18.3 Å². The van der Waals surface area contributed by atoms with Crippen LogP contribution < -0.4 is 5.73 Å². The molecule has 0 spiro atoms. The predicted octanol–water partition coefficient (Wildman–Crippen LogP) is 1.11. The second-order valence-electron chi connectivity index (χ2n) is 2.65. The molecule has 0 aromatic carbocycles. The Kier molecular flexibility index (Phi) is 2.54. The molecule has 0 aliphatic rings. The minimum absolute atomic E-state index is 0.0318. The van der Waals surface area contributed by atoms with E-state index in [2.05, 4.69) is 4.98 Å². The highest BCUT2D eigenvalue weighted by atomic mass is 19.1. The number of nitrogens with two attached hydrogens (primary N) is 1. The number of hydrogen-bond acceptors (Lipinski definition) is 2. The second kappa shape index (κ2) is 3.44. The number of rotatable bonds is 2. The van der Waals surface area contributed by atoms with E-state index < -0.39 is 0 Å². The lowest BCUT2D eigenvalue weighted by Crippen LogP contribution is -2.18. The first-order valence-electron chi connectivity index (χ1n) is 3.54. The topological polar surface area (TPSA) is 38.9 Å². The van der Waals surface area contributed by atoms with Crippen molar-refractivity contribution in [1.29, 1.82) is 0 Å². The zero-order valence-electron chi connectivity index (χ0n) is 6.42. The van der Waals surface area contributed by atoms with Crippen LogP contribution in [0, 0.1) is 5.82 Å². The van der Waals surface area contributed by atoms with Crippen LogP contribution in [0.2, 0.25) is 0 Å². The van der Waals surface area contributed by atoms with Gasteiger partial charge in [-0.05, 0) is 19.1 Å². The Morgan fingerprint density at radius 2 is 2.45 bits per heavy atom. The molecule has 2 nitrogen and oxygen atoms in total. The van der Waals surface area contributed by atoms with E-state index in [-0.39, 0.29) is 11.9 Å². The van der Waals surface area contributed by atoms with E-state index in [9.17, 15) is 4.39 Å². The summed E-state index contributed by atoms with van der Waals surface area (Å²) in [5.41, 5.74) is 6.22. The molecule has 0 amide bonds. The third kappa shape index (κ3) is 2.63. The summed E-state index contributed by atoms with van der Waals surface area (Å²) in [5.74, 6) is -0.254. The van der Waals surface area contributed by atoms with Gasteiger partial charge in [-0.15, -0.1) is 0 Å². The van der Waals surface area contributed by atoms with Gasteiger partial charge in [0, 0.05) is 24.4 Å². The molecule has 0 fully saturated rings. The Bertz CT molecular complexity index is 235. The number of halogens is 1. The van der Waals surface area contributed by atoms with Crippen molar-refractivity contribution >= 4 is 0 Å². The molecule has 1 atom stereocenters. The molecule has 0 unspecified atom stereocenters. The van der Waals surface area contributed by atoms with E-state index in [4.69, 9.17) is 5.73 Å². The summed E-state index contributed by atoms with van der Waals surface area (Å²) in [6.45, 7) is 1.87. The van der Waals surface area contributed by atoms with Crippen molar-refractivity contribution < 1.29 is 4.39 Å². The zero-order chi connectivity index (χ0) is 8.27. The number of pyridine rings is 1. The van der Waals surface area contributed by atoms with Crippen LogP contribution in [0.3, 0.4) is 0 Å².